The highest BCUT2D eigenvalue weighted by atomic mass is 16.5. The topological polar surface area (TPSA) is 47.3 Å². The number of nitrogens with one attached hydrogen (secondary N) is 1. The molecule has 18 heavy (non-hydrogen) atoms. The third-order valence-corrected chi connectivity index (χ3v) is 3.62. The second-order valence-corrected chi connectivity index (χ2v) is 6.00. The van der Waals surface area contributed by atoms with Crippen LogP contribution in [0.2, 0.25) is 0 Å². The molecule has 3 N–H and O–H groups in total. The van der Waals surface area contributed by atoms with Gasteiger partial charge in [0.05, 0.1) is 6.61 Å². The van der Waals surface area contributed by atoms with Gasteiger partial charge >= 0.3 is 0 Å². The van der Waals surface area contributed by atoms with Gasteiger partial charge in [0, 0.05) is 31.2 Å². The number of nitrogens with two attached hydrogens (primary N) is 1. The summed E-state index contributed by atoms with van der Waals surface area (Å²) in [5.41, 5.74) is 8.97. The maximum absolute atomic E-state index is 6.17. The summed E-state index contributed by atoms with van der Waals surface area (Å²) >= 11 is 0. The Bertz CT molecular complexity index is 403. The van der Waals surface area contributed by atoms with E-state index < -0.39 is 0 Å². The molecule has 3 heteroatoms. The molecule has 0 bridgehead atoms. The zero-order valence-electron chi connectivity index (χ0n) is 11.6. The SMILES string of the molecule is COCC(C)(C)CNC1CC(N)c2ccccc21. The standard InChI is InChI=1S/C15H24N2O/c1-15(2,10-18-3)9-17-14-8-13(16)11-6-4-5-7-12(11)14/h4-7,13-14,17H,8-10,16H2,1-3H3. The van der Waals surface area contributed by atoms with E-state index in [4.69, 9.17) is 10.5 Å². The minimum Gasteiger partial charge on any atom is -0.384 e. The van der Waals surface area contributed by atoms with Crippen molar-refractivity contribution in [3.05, 3.63) is 35.4 Å². The van der Waals surface area contributed by atoms with Crippen LogP contribution in [-0.2, 0) is 4.74 Å². The van der Waals surface area contributed by atoms with E-state index in [1.54, 1.807) is 7.11 Å². The zero-order chi connectivity index (χ0) is 13.2. The Morgan fingerprint density at radius 1 is 1.33 bits per heavy atom. The van der Waals surface area contributed by atoms with Gasteiger partial charge in [-0.25, -0.2) is 0 Å². The highest BCUT2D eigenvalue weighted by Gasteiger charge is 2.29. The first-order valence-electron chi connectivity index (χ1n) is 6.60. The molecule has 1 aromatic rings. The molecular weight excluding hydrogens is 224 g/mol. The lowest BCUT2D eigenvalue weighted by Gasteiger charge is -2.26. The molecule has 0 fully saturated rings. The van der Waals surface area contributed by atoms with Crippen LogP contribution in [0.4, 0.5) is 0 Å². The molecule has 0 spiro atoms. The lowest BCUT2D eigenvalue weighted by atomic mass is 9.94. The Morgan fingerprint density at radius 2 is 2.00 bits per heavy atom. The van der Waals surface area contributed by atoms with E-state index in [2.05, 4.69) is 43.4 Å². The molecule has 1 aromatic carbocycles. The highest BCUT2D eigenvalue weighted by Crippen LogP contribution is 2.37. The van der Waals surface area contributed by atoms with Gasteiger partial charge in [0.15, 0.2) is 0 Å². The number of benzene rings is 1. The highest BCUT2D eigenvalue weighted by molar-refractivity contribution is 5.37. The van der Waals surface area contributed by atoms with Crippen molar-refractivity contribution in [1.82, 2.24) is 5.32 Å². The Balaban J connectivity index is 2.00. The van der Waals surface area contributed by atoms with Crippen molar-refractivity contribution < 1.29 is 4.74 Å². The molecule has 0 aliphatic heterocycles. The number of hydrogen-bond donors (Lipinski definition) is 2. The average Bonchev–Trinajstić information content (AvgIpc) is 2.65. The van der Waals surface area contributed by atoms with Crippen LogP contribution in [0, 0.1) is 5.41 Å². The van der Waals surface area contributed by atoms with Crippen molar-refractivity contribution in [3.8, 4) is 0 Å². The summed E-state index contributed by atoms with van der Waals surface area (Å²) in [6.45, 7) is 6.13. The summed E-state index contributed by atoms with van der Waals surface area (Å²) in [5, 5.41) is 3.63. The monoisotopic (exact) mass is 248 g/mol. The van der Waals surface area contributed by atoms with E-state index in [1.807, 2.05) is 0 Å². The van der Waals surface area contributed by atoms with E-state index in [1.165, 1.54) is 11.1 Å². The van der Waals surface area contributed by atoms with E-state index in [0.717, 1.165) is 19.6 Å². The molecule has 0 saturated heterocycles. The van der Waals surface area contributed by atoms with Crippen molar-refractivity contribution in [3.63, 3.8) is 0 Å². The van der Waals surface area contributed by atoms with Gasteiger partial charge in [-0.3, -0.25) is 0 Å². The fourth-order valence-corrected chi connectivity index (χ4v) is 2.71. The van der Waals surface area contributed by atoms with E-state index in [-0.39, 0.29) is 11.5 Å². The Morgan fingerprint density at radius 3 is 2.67 bits per heavy atom. The quantitative estimate of drug-likeness (QED) is 0.841. The minimum atomic E-state index is 0.149. The Labute approximate surface area is 110 Å². The molecule has 0 radical (unpaired) electrons. The first-order chi connectivity index (χ1) is 8.53. The van der Waals surface area contributed by atoms with Crippen LogP contribution in [0.25, 0.3) is 0 Å². The van der Waals surface area contributed by atoms with Gasteiger partial charge in [0.2, 0.25) is 0 Å². The molecule has 0 aromatic heterocycles. The van der Waals surface area contributed by atoms with Gasteiger partial charge in [-0.05, 0) is 17.5 Å². The van der Waals surface area contributed by atoms with Crippen molar-refractivity contribution in [2.75, 3.05) is 20.3 Å². The minimum absolute atomic E-state index is 0.149. The molecule has 1 aliphatic rings. The summed E-state index contributed by atoms with van der Waals surface area (Å²) in [7, 11) is 1.75. The van der Waals surface area contributed by atoms with Crippen LogP contribution in [0.15, 0.2) is 24.3 Å². The molecule has 0 amide bonds. The van der Waals surface area contributed by atoms with Crippen LogP contribution < -0.4 is 11.1 Å². The fourth-order valence-electron chi connectivity index (χ4n) is 2.71. The molecule has 2 unspecified atom stereocenters. The normalized spacial score (nSPS) is 23.1. The van der Waals surface area contributed by atoms with E-state index >= 15 is 0 Å². The van der Waals surface area contributed by atoms with E-state index in [0.29, 0.717) is 6.04 Å². The number of rotatable bonds is 5. The van der Waals surface area contributed by atoms with Gasteiger partial charge in [-0.15, -0.1) is 0 Å². The number of hydrogen-bond acceptors (Lipinski definition) is 3. The predicted octanol–water partition coefficient (Wildman–Crippen LogP) is 2.39. The predicted molar refractivity (Wildman–Crippen MR) is 74.4 cm³/mol. The molecule has 2 atom stereocenters. The third kappa shape index (κ3) is 2.91. The van der Waals surface area contributed by atoms with Crippen molar-refractivity contribution in [2.45, 2.75) is 32.4 Å². The van der Waals surface area contributed by atoms with Crippen molar-refractivity contribution in [2.24, 2.45) is 11.1 Å². The maximum Gasteiger partial charge on any atom is 0.0525 e. The van der Waals surface area contributed by atoms with E-state index in [9.17, 15) is 0 Å². The summed E-state index contributed by atoms with van der Waals surface area (Å²) in [4.78, 5) is 0. The lowest BCUT2D eigenvalue weighted by Crippen LogP contribution is -2.34. The summed E-state index contributed by atoms with van der Waals surface area (Å²) < 4.78 is 5.25. The Kier molecular flexibility index (Phi) is 4.05. The van der Waals surface area contributed by atoms with Gasteiger partial charge in [0.1, 0.15) is 0 Å². The third-order valence-electron chi connectivity index (χ3n) is 3.62. The van der Waals surface area contributed by atoms with Crippen LogP contribution in [-0.4, -0.2) is 20.3 Å². The molecule has 0 saturated carbocycles. The van der Waals surface area contributed by atoms with Crippen LogP contribution in [0.1, 0.15) is 43.5 Å². The first-order valence-corrected chi connectivity index (χ1v) is 6.60. The molecule has 1 aliphatic carbocycles. The number of ether oxygens (including phenoxy) is 1. The molecule has 3 nitrogen and oxygen atoms in total. The second-order valence-electron chi connectivity index (χ2n) is 6.00. The fraction of sp³-hybridized carbons (Fsp3) is 0.600. The number of methoxy groups -OCH3 is 1. The Hall–Kier alpha value is -0.900. The van der Waals surface area contributed by atoms with Crippen LogP contribution in [0.3, 0.4) is 0 Å². The van der Waals surface area contributed by atoms with Crippen LogP contribution in [0.5, 0.6) is 0 Å². The zero-order valence-corrected chi connectivity index (χ0v) is 11.6. The summed E-state index contributed by atoms with van der Waals surface area (Å²) in [6, 6.07) is 9.03. The summed E-state index contributed by atoms with van der Waals surface area (Å²) in [5.74, 6) is 0. The molecular formula is C15H24N2O. The second kappa shape index (κ2) is 5.39. The summed E-state index contributed by atoms with van der Waals surface area (Å²) in [6.07, 6.45) is 0.989. The largest absolute Gasteiger partial charge is 0.384 e. The van der Waals surface area contributed by atoms with Crippen molar-refractivity contribution >= 4 is 0 Å². The van der Waals surface area contributed by atoms with Gasteiger partial charge < -0.3 is 15.8 Å². The van der Waals surface area contributed by atoms with Gasteiger partial charge in [-0.2, -0.15) is 0 Å². The molecule has 2 rings (SSSR count). The first kappa shape index (κ1) is 13.5. The lowest BCUT2D eigenvalue weighted by molar-refractivity contribution is 0.101. The number of fused-ring (bicyclic) bond motifs is 1. The van der Waals surface area contributed by atoms with Crippen molar-refractivity contribution in [1.29, 1.82) is 0 Å². The molecule has 0 heterocycles. The molecule has 100 valence electrons. The smallest absolute Gasteiger partial charge is 0.0525 e. The van der Waals surface area contributed by atoms with Crippen LogP contribution >= 0.6 is 0 Å². The average molecular weight is 248 g/mol. The van der Waals surface area contributed by atoms with Gasteiger partial charge in [-0.1, -0.05) is 38.1 Å². The van der Waals surface area contributed by atoms with Gasteiger partial charge in [0.25, 0.3) is 0 Å². The maximum atomic E-state index is 6.17.